The fraction of sp³-hybridized carbons (Fsp3) is 0.200. The molecule has 1 aromatic heterocycles. The van der Waals surface area contributed by atoms with Crippen LogP contribution in [-0.2, 0) is 0 Å². The Labute approximate surface area is 161 Å². The second-order valence-corrected chi connectivity index (χ2v) is 6.26. The Hall–Kier alpha value is -2.86. The van der Waals surface area contributed by atoms with Gasteiger partial charge in [-0.1, -0.05) is 41.9 Å². The lowest BCUT2D eigenvalue weighted by Crippen LogP contribution is -2.14. The average molecular weight is 389 g/mol. The summed E-state index contributed by atoms with van der Waals surface area (Å²) < 4.78 is 25.1. The first-order valence-electron chi connectivity index (χ1n) is 8.46. The van der Waals surface area contributed by atoms with E-state index in [4.69, 9.17) is 20.9 Å². The molecule has 0 atom stereocenters. The normalized spacial score (nSPS) is 10.7. The molecule has 1 heterocycles. The summed E-state index contributed by atoms with van der Waals surface area (Å²) in [5, 5.41) is 6.78. The molecule has 0 saturated heterocycles. The molecule has 0 aliphatic carbocycles. The Morgan fingerprint density at radius 2 is 2.04 bits per heavy atom. The Bertz CT molecular complexity index is 951. The van der Waals surface area contributed by atoms with Crippen LogP contribution in [0.25, 0.3) is 11.3 Å². The van der Waals surface area contributed by atoms with E-state index in [1.807, 2.05) is 13.0 Å². The van der Waals surface area contributed by atoms with Gasteiger partial charge in [0.15, 0.2) is 0 Å². The summed E-state index contributed by atoms with van der Waals surface area (Å²) in [5.74, 6) is -0.270. The van der Waals surface area contributed by atoms with Gasteiger partial charge in [0.25, 0.3) is 5.91 Å². The fourth-order valence-electron chi connectivity index (χ4n) is 2.63. The molecule has 0 radical (unpaired) electrons. The zero-order chi connectivity index (χ0) is 19.4. The number of rotatable bonds is 6. The Morgan fingerprint density at radius 1 is 1.26 bits per heavy atom. The molecule has 0 aliphatic heterocycles. The second-order valence-electron chi connectivity index (χ2n) is 5.86. The summed E-state index contributed by atoms with van der Waals surface area (Å²) in [6, 6.07) is 11.3. The fourth-order valence-corrected chi connectivity index (χ4v) is 2.88. The number of benzene rings is 2. The number of hydrogen-bond donors (Lipinski definition) is 1. The van der Waals surface area contributed by atoms with Crippen molar-refractivity contribution in [2.24, 2.45) is 0 Å². The van der Waals surface area contributed by atoms with Crippen LogP contribution < -0.4 is 10.1 Å². The number of hydrogen-bond acceptors (Lipinski definition) is 4. The van der Waals surface area contributed by atoms with Gasteiger partial charge in [-0.25, -0.2) is 4.39 Å². The molecule has 0 spiro atoms. The molecule has 140 valence electrons. The lowest BCUT2D eigenvalue weighted by molar-refractivity contribution is 0.102. The molecule has 3 aromatic rings. The van der Waals surface area contributed by atoms with E-state index in [1.54, 1.807) is 25.1 Å². The highest BCUT2D eigenvalue weighted by molar-refractivity contribution is 6.33. The molecule has 27 heavy (non-hydrogen) atoms. The molecule has 1 amide bonds. The highest BCUT2D eigenvalue weighted by Gasteiger charge is 2.26. The minimum atomic E-state index is -0.587. The minimum Gasteiger partial charge on any atom is -0.491 e. The topological polar surface area (TPSA) is 64.4 Å². The quantitative estimate of drug-likeness (QED) is 0.607. The van der Waals surface area contributed by atoms with Gasteiger partial charge in [0.05, 0.1) is 22.9 Å². The first-order valence-corrected chi connectivity index (χ1v) is 8.84. The van der Waals surface area contributed by atoms with Gasteiger partial charge in [0, 0.05) is 0 Å². The largest absolute Gasteiger partial charge is 0.491 e. The Kier molecular flexibility index (Phi) is 5.76. The number of nitrogens with zero attached hydrogens (tertiary/aromatic N) is 1. The van der Waals surface area contributed by atoms with Crippen LogP contribution in [0.1, 0.15) is 29.5 Å². The summed E-state index contributed by atoms with van der Waals surface area (Å²) in [4.78, 5) is 12.9. The number of anilines is 1. The second kappa shape index (κ2) is 8.22. The van der Waals surface area contributed by atoms with Crippen LogP contribution in [0.2, 0.25) is 5.02 Å². The van der Waals surface area contributed by atoms with Crippen LogP contribution in [0.3, 0.4) is 0 Å². The summed E-state index contributed by atoms with van der Waals surface area (Å²) in [6.07, 6.45) is 0.836. The van der Waals surface area contributed by atoms with Crippen molar-refractivity contribution < 1.29 is 18.4 Å². The van der Waals surface area contributed by atoms with E-state index in [0.29, 0.717) is 18.0 Å². The molecule has 0 fully saturated rings. The molecular weight excluding hydrogens is 371 g/mol. The third-order valence-corrected chi connectivity index (χ3v) is 4.20. The SMILES string of the molecule is CCCOc1ccccc1NC(=O)c1c(-c2c(F)cccc2Cl)noc1C. The van der Waals surface area contributed by atoms with E-state index in [-0.39, 0.29) is 27.6 Å². The van der Waals surface area contributed by atoms with Gasteiger partial charge in [0.1, 0.15) is 28.6 Å². The number of ether oxygens (including phenoxy) is 1. The predicted molar refractivity (Wildman–Crippen MR) is 102 cm³/mol. The first kappa shape index (κ1) is 18.9. The molecule has 5 nitrogen and oxygen atoms in total. The number of para-hydroxylation sites is 2. The monoisotopic (exact) mass is 388 g/mol. The van der Waals surface area contributed by atoms with Crippen LogP contribution in [0.15, 0.2) is 47.0 Å². The zero-order valence-corrected chi connectivity index (χ0v) is 15.6. The maximum absolute atomic E-state index is 14.3. The molecule has 2 aromatic carbocycles. The zero-order valence-electron chi connectivity index (χ0n) is 14.9. The maximum atomic E-state index is 14.3. The maximum Gasteiger partial charge on any atom is 0.261 e. The van der Waals surface area contributed by atoms with Crippen molar-refractivity contribution in [1.29, 1.82) is 0 Å². The van der Waals surface area contributed by atoms with Crippen molar-refractivity contribution in [3.63, 3.8) is 0 Å². The smallest absolute Gasteiger partial charge is 0.261 e. The van der Waals surface area contributed by atoms with Crippen LogP contribution in [0.4, 0.5) is 10.1 Å². The van der Waals surface area contributed by atoms with E-state index >= 15 is 0 Å². The van der Waals surface area contributed by atoms with Gasteiger partial charge in [0.2, 0.25) is 0 Å². The van der Waals surface area contributed by atoms with Crippen molar-refractivity contribution in [3.05, 3.63) is 64.6 Å². The van der Waals surface area contributed by atoms with Crippen LogP contribution >= 0.6 is 11.6 Å². The van der Waals surface area contributed by atoms with E-state index in [1.165, 1.54) is 18.2 Å². The van der Waals surface area contributed by atoms with Gasteiger partial charge in [-0.3, -0.25) is 4.79 Å². The standard InChI is InChI=1S/C20H18ClFN2O3/c1-3-11-26-16-10-5-4-9-15(16)23-20(25)17-12(2)27-24-19(17)18-13(21)7-6-8-14(18)22/h4-10H,3,11H2,1-2H3,(H,23,25). The number of amides is 1. The summed E-state index contributed by atoms with van der Waals surface area (Å²) in [6.45, 7) is 4.10. The van der Waals surface area contributed by atoms with Gasteiger partial charge < -0.3 is 14.6 Å². The number of carbonyl (C=O) groups excluding carboxylic acids is 1. The first-order chi connectivity index (χ1) is 13.0. The summed E-state index contributed by atoms with van der Waals surface area (Å²) in [5.41, 5.74) is 0.700. The average Bonchev–Trinajstić information content (AvgIpc) is 3.02. The number of carbonyl (C=O) groups is 1. The van der Waals surface area contributed by atoms with Gasteiger partial charge in [-0.15, -0.1) is 0 Å². The number of halogens is 2. The molecule has 3 rings (SSSR count). The lowest BCUT2D eigenvalue weighted by atomic mass is 10.0. The van der Waals surface area contributed by atoms with Crippen molar-refractivity contribution in [2.75, 3.05) is 11.9 Å². The molecule has 0 unspecified atom stereocenters. The summed E-state index contributed by atoms with van der Waals surface area (Å²) in [7, 11) is 0. The van der Waals surface area contributed by atoms with Crippen LogP contribution in [0.5, 0.6) is 5.75 Å². The molecule has 7 heteroatoms. The van der Waals surface area contributed by atoms with Crippen molar-refractivity contribution in [3.8, 4) is 17.0 Å². The lowest BCUT2D eigenvalue weighted by Gasteiger charge is -2.12. The van der Waals surface area contributed by atoms with Gasteiger partial charge in [-0.2, -0.15) is 0 Å². The third kappa shape index (κ3) is 3.95. The number of aromatic nitrogens is 1. The molecule has 0 saturated carbocycles. The van der Waals surface area contributed by atoms with Crippen molar-refractivity contribution in [2.45, 2.75) is 20.3 Å². The molecular formula is C20H18ClFN2O3. The molecule has 0 aliphatic rings. The molecule has 1 N–H and O–H groups in total. The van der Waals surface area contributed by atoms with Crippen molar-refractivity contribution >= 4 is 23.2 Å². The highest BCUT2D eigenvalue weighted by Crippen LogP contribution is 2.34. The highest BCUT2D eigenvalue weighted by atomic mass is 35.5. The Balaban J connectivity index is 1.97. The third-order valence-electron chi connectivity index (χ3n) is 3.89. The van der Waals surface area contributed by atoms with Gasteiger partial charge in [-0.05, 0) is 37.6 Å². The Morgan fingerprint density at radius 3 is 2.78 bits per heavy atom. The predicted octanol–water partition coefficient (Wildman–Crippen LogP) is 5.48. The van der Waals surface area contributed by atoms with E-state index in [9.17, 15) is 9.18 Å². The van der Waals surface area contributed by atoms with E-state index in [0.717, 1.165) is 6.42 Å². The van der Waals surface area contributed by atoms with Crippen LogP contribution in [0, 0.1) is 12.7 Å². The minimum absolute atomic E-state index is 0.0247. The number of aryl methyl sites for hydroxylation is 1. The summed E-state index contributed by atoms with van der Waals surface area (Å²) >= 11 is 6.12. The van der Waals surface area contributed by atoms with E-state index in [2.05, 4.69) is 10.5 Å². The van der Waals surface area contributed by atoms with Gasteiger partial charge >= 0.3 is 0 Å². The van der Waals surface area contributed by atoms with Crippen LogP contribution in [-0.4, -0.2) is 17.7 Å². The molecule has 0 bridgehead atoms. The van der Waals surface area contributed by atoms with E-state index < -0.39 is 11.7 Å². The van der Waals surface area contributed by atoms with Crippen molar-refractivity contribution in [1.82, 2.24) is 5.16 Å². The number of nitrogens with one attached hydrogen (secondary N) is 1.